The second-order valence-electron chi connectivity index (χ2n) is 5.73. The molecule has 1 heterocycles. The minimum atomic E-state index is -0.329. The second-order valence-corrected chi connectivity index (χ2v) is 5.73. The van der Waals surface area contributed by atoms with Gasteiger partial charge in [-0.15, -0.1) is 0 Å². The summed E-state index contributed by atoms with van der Waals surface area (Å²) in [6.45, 7) is 5.65. The molecule has 0 bridgehead atoms. The van der Waals surface area contributed by atoms with E-state index in [0.717, 1.165) is 25.9 Å². The molecule has 0 spiro atoms. The van der Waals surface area contributed by atoms with Crippen LogP contribution in [-0.2, 0) is 0 Å². The lowest BCUT2D eigenvalue weighted by Gasteiger charge is -2.38. The highest BCUT2D eigenvalue weighted by Gasteiger charge is 2.38. The summed E-state index contributed by atoms with van der Waals surface area (Å²) in [6.07, 6.45) is 9.81. The van der Waals surface area contributed by atoms with Gasteiger partial charge in [0.1, 0.15) is 0 Å². The Morgan fingerprint density at radius 2 is 1.81 bits per heavy atom. The molecule has 94 valence electrons. The largest absolute Gasteiger partial charge is 0.390 e. The molecule has 1 aliphatic heterocycles. The van der Waals surface area contributed by atoms with Crippen molar-refractivity contribution in [1.82, 2.24) is 4.90 Å². The van der Waals surface area contributed by atoms with Crippen molar-refractivity contribution >= 4 is 0 Å². The van der Waals surface area contributed by atoms with E-state index in [-0.39, 0.29) is 5.60 Å². The third kappa shape index (κ3) is 2.78. The van der Waals surface area contributed by atoms with Crippen molar-refractivity contribution < 1.29 is 5.11 Å². The molecule has 2 heteroatoms. The highest BCUT2D eigenvalue weighted by molar-refractivity contribution is 4.90. The van der Waals surface area contributed by atoms with Crippen LogP contribution in [-0.4, -0.2) is 35.2 Å². The molecular weight excluding hydrogens is 198 g/mol. The molecule has 0 aromatic rings. The van der Waals surface area contributed by atoms with Crippen molar-refractivity contribution in [1.29, 1.82) is 0 Å². The number of aliphatic hydroxyl groups is 1. The normalized spacial score (nSPS) is 34.9. The molecule has 1 atom stereocenters. The Balaban J connectivity index is 1.94. The van der Waals surface area contributed by atoms with Crippen molar-refractivity contribution in [2.45, 2.75) is 63.9 Å². The van der Waals surface area contributed by atoms with Crippen molar-refractivity contribution in [3.63, 3.8) is 0 Å². The number of nitrogens with zero attached hydrogens (tertiary/aromatic N) is 1. The van der Waals surface area contributed by atoms with Crippen molar-refractivity contribution in [3.05, 3.63) is 0 Å². The predicted molar refractivity (Wildman–Crippen MR) is 67.5 cm³/mol. The molecule has 2 rings (SSSR count). The molecule has 1 aliphatic carbocycles. The smallest absolute Gasteiger partial charge is 0.0688 e. The molecule has 0 aromatic heterocycles. The summed E-state index contributed by atoms with van der Waals surface area (Å²) in [7, 11) is 0. The minimum Gasteiger partial charge on any atom is -0.390 e. The molecule has 16 heavy (non-hydrogen) atoms. The first-order chi connectivity index (χ1) is 7.74. The Morgan fingerprint density at radius 3 is 2.50 bits per heavy atom. The highest BCUT2D eigenvalue weighted by Crippen LogP contribution is 2.38. The summed E-state index contributed by atoms with van der Waals surface area (Å²) in [5.74, 6) is 0.595. The first-order valence-corrected chi connectivity index (χ1v) is 7.19. The van der Waals surface area contributed by atoms with E-state index in [9.17, 15) is 5.11 Å². The summed E-state index contributed by atoms with van der Waals surface area (Å²) in [5.41, 5.74) is -0.329. The van der Waals surface area contributed by atoms with Crippen LogP contribution < -0.4 is 0 Å². The van der Waals surface area contributed by atoms with E-state index in [0.29, 0.717) is 5.92 Å². The molecule has 1 unspecified atom stereocenters. The Kier molecular flexibility index (Phi) is 4.26. The Hall–Kier alpha value is -0.0800. The maximum atomic E-state index is 10.9. The van der Waals surface area contributed by atoms with Gasteiger partial charge in [0.25, 0.3) is 0 Å². The van der Waals surface area contributed by atoms with Gasteiger partial charge in [0.15, 0.2) is 0 Å². The van der Waals surface area contributed by atoms with Gasteiger partial charge in [0.2, 0.25) is 0 Å². The lowest BCUT2D eigenvalue weighted by Crippen LogP contribution is -2.40. The maximum Gasteiger partial charge on any atom is 0.0688 e. The predicted octanol–water partition coefficient (Wildman–Crippen LogP) is 2.80. The van der Waals surface area contributed by atoms with Gasteiger partial charge in [-0.2, -0.15) is 0 Å². The zero-order valence-electron chi connectivity index (χ0n) is 10.7. The standard InChI is InChI=1S/C14H27NO/c1-2-15-11-6-9-14(16,10-12-15)13-7-4-3-5-8-13/h13,16H,2-12H2,1H3. The zero-order valence-corrected chi connectivity index (χ0v) is 10.7. The summed E-state index contributed by atoms with van der Waals surface area (Å²) in [5, 5.41) is 10.9. The molecule has 2 fully saturated rings. The van der Waals surface area contributed by atoms with Crippen LogP contribution in [0.5, 0.6) is 0 Å². The third-order valence-electron chi connectivity index (χ3n) is 4.76. The minimum absolute atomic E-state index is 0.329. The molecule has 0 amide bonds. The third-order valence-corrected chi connectivity index (χ3v) is 4.76. The Morgan fingerprint density at radius 1 is 1.06 bits per heavy atom. The maximum absolute atomic E-state index is 10.9. The molecule has 1 saturated heterocycles. The van der Waals surface area contributed by atoms with Gasteiger partial charge in [0, 0.05) is 6.54 Å². The quantitative estimate of drug-likeness (QED) is 0.781. The molecule has 0 radical (unpaired) electrons. The summed E-state index contributed by atoms with van der Waals surface area (Å²) in [6, 6.07) is 0. The fourth-order valence-corrected chi connectivity index (χ4v) is 3.56. The second kappa shape index (κ2) is 5.50. The summed E-state index contributed by atoms with van der Waals surface area (Å²) < 4.78 is 0. The van der Waals surface area contributed by atoms with Crippen LogP contribution in [0.25, 0.3) is 0 Å². The van der Waals surface area contributed by atoms with Crippen molar-refractivity contribution in [2.75, 3.05) is 19.6 Å². The lowest BCUT2D eigenvalue weighted by atomic mass is 9.73. The monoisotopic (exact) mass is 225 g/mol. The topological polar surface area (TPSA) is 23.5 Å². The Labute approximate surface area is 100 Å². The van der Waals surface area contributed by atoms with Gasteiger partial charge in [-0.05, 0) is 51.1 Å². The van der Waals surface area contributed by atoms with Crippen LogP contribution in [0.1, 0.15) is 58.3 Å². The average Bonchev–Trinajstić information content (AvgIpc) is 2.53. The molecule has 1 N–H and O–H groups in total. The molecule has 1 saturated carbocycles. The number of likely N-dealkylation sites (tertiary alicyclic amines) is 1. The molecular formula is C14H27NO. The van der Waals surface area contributed by atoms with E-state index < -0.39 is 0 Å². The van der Waals surface area contributed by atoms with Crippen LogP contribution in [0.4, 0.5) is 0 Å². The van der Waals surface area contributed by atoms with E-state index >= 15 is 0 Å². The van der Waals surface area contributed by atoms with Crippen molar-refractivity contribution in [2.24, 2.45) is 5.92 Å². The molecule has 2 aliphatic rings. The van der Waals surface area contributed by atoms with E-state index in [1.54, 1.807) is 0 Å². The SMILES string of the molecule is CCN1CCCC(O)(C2CCCCC2)CC1. The van der Waals surface area contributed by atoms with Crippen LogP contribution in [0.3, 0.4) is 0 Å². The van der Waals surface area contributed by atoms with Gasteiger partial charge in [-0.1, -0.05) is 26.2 Å². The van der Waals surface area contributed by atoms with Crippen LogP contribution in [0.15, 0.2) is 0 Å². The lowest BCUT2D eigenvalue weighted by molar-refractivity contribution is -0.0443. The number of hydrogen-bond acceptors (Lipinski definition) is 2. The fourth-order valence-electron chi connectivity index (χ4n) is 3.56. The molecule has 2 nitrogen and oxygen atoms in total. The van der Waals surface area contributed by atoms with Gasteiger partial charge < -0.3 is 10.0 Å². The Bertz CT molecular complexity index is 213. The number of rotatable bonds is 2. The highest BCUT2D eigenvalue weighted by atomic mass is 16.3. The van der Waals surface area contributed by atoms with Crippen molar-refractivity contribution in [3.8, 4) is 0 Å². The van der Waals surface area contributed by atoms with E-state index in [4.69, 9.17) is 0 Å². The first-order valence-electron chi connectivity index (χ1n) is 7.19. The summed E-state index contributed by atoms with van der Waals surface area (Å²) in [4.78, 5) is 2.49. The van der Waals surface area contributed by atoms with Gasteiger partial charge in [-0.25, -0.2) is 0 Å². The fraction of sp³-hybridized carbons (Fsp3) is 1.00. The van der Waals surface area contributed by atoms with Gasteiger partial charge in [0.05, 0.1) is 5.60 Å². The van der Waals surface area contributed by atoms with Gasteiger partial charge in [-0.3, -0.25) is 0 Å². The number of hydrogen-bond donors (Lipinski definition) is 1. The summed E-state index contributed by atoms with van der Waals surface area (Å²) >= 11 is 0. The first kappa shape index (κ1) is 12.4. The average molecular weight is 225 g/mol. The van der Waals surface area contributed by atoms with E-state index in [2.05, 4.69) is 11.8 Å². The van der Waals surface area contributed by atoms with Crippen LogP contribution in [0, 0.1) is 5.92 Å². The van der Waals surface area contributed by atoms with Gasteiger partial charge >= 0.3 is 0 Å². The van der Waals surface area contributed by atoms with Crippen LogP contribution in [0.2, 0.25) is 0 Å². The van der Waals surface area contributed by atoms with E-state index in [1.165, 1.54) is 45.1 Å². The van der Waals surface area contributed by atoms with Crippen LogP contribution >= 0.6 is 0 Å². The van der Waals surface area contributed by atoms with E-state index in [1.807, 2.05) is 0 Å². The zero-order chi connectivity index (χ0) is 11.4. The molecule has 0 aromatic carbocycles.